The molecule has 0 spiro atoms. The van der Waals surface area contributed by atoms with E-state index >= 15 is 0 Å². The smallest absolute Gasteiger partial charge is 0.171 e. The van der Waals surface area contributed by atoms with Crippen molar-refractivity contribution in [2.75, 3.05) is 0 Å². The van der Waals surface area contributed by atoms with Crippen LogP contribution in [0.3, 0.4) is 0 Å². The van der Waals surface area contributed by atoms with E-state index < -0.39 is 11.6 Å². The summed E-state index contributed by atoms with van der Waals surface area (Å²) in [6.45, 7) is 1.27. The molecular weight excluding hydrogens is 378 g/mol. The Morgan fingerprint density at radius 3 is 1.55 bits per heavy atom. The second-order valence-corrected chi connectivity index (χ2v) is 6.21. The Hall–Kier alpha value is -3.94. The predicted molar refractivity (Wildman–Crippen MR) is 106 cm³/mol. The molecule has 0 fully saturated rings. The number of nitrogens with two attached hydrogens (primary N) is 2. The highest BCUT2D eigenvalue weighted by atomic mass is 19.1. The van der Waals surface area contributed by atoms with E-state index in [2.05, 4.69) is 0 Å². The molecule has 0 aliphatic heterocycles. The van der Waals surface area contributed by atoms with Crippen LogP contribution in [0.25, 0.3) is 0 Å². The zero-order valence-electron chi connectivity index (χ0n) is 15.4. The number of nitrogen functional groups attached to an aromatic ring is 2. The van der Waals surface area contributed by atoms with Gasteiger partial charge in [0.25, 0.3) is 0 Å². The Bertz CT molecular complexity index is 1030. The summed E-state index contributed by atoms with van der Waals surface area (Å²) < 4.78 is 40.2. The molecule has 0 saturated heterocycles. The van der Waals surface area contributed by atoms with Crippen molar-refractivity contribution in [1.82, 2.24) is 0 Å². The first kappa shape index (κ1) is 19.8. The average Bonchev–Trinajstić information content (AvgIpc) is 2.70. The molecule has 3 aromatic rings. The molecule has 0 aliphatic rings. The lowest BCUT2D eigenvalue weighted by molar-refractivity contribution is 0.404. The Morgan fingerprint density at radius 2 is 1.17 bits per heavy atom. The fourth-order valence-corrected chi connectivity index (χ4v) is 2.57. The molecule has 0 aromatic heterocycles. The Kier molecular flexibility index (Phi) is 5.45. The van der Waals surface area contributed by atoms with Crippen molar-refractivity contribution in [2.24, 2.45) is 11.5 Å². The Balaban J connectivity index is 1.97. The van der Waals surface area contributed by atoms with Gasteiger partial charge in [0, 0.05) is 22.8 Å². The standard InChI is InChI=1S/C21H18F2N4O2/c1-11-18(22)16(28-14-6-2-4-12(8-14)20(24)25)10-17(19(11)23)29-15-7-3-5-13(9-15)21(26)27/h2-10H,1H3,(H3,24,25)(H3,26,27). The third-order valence-electron chi connectivity index (χ3n) is 4.10. The van der Waals surface area contributed by atoms with Gasteiger partial charge in [-0.15, -0.1) is 0 Å². The number of rotatable bonds is 6. The molecule has 3 rings (SSSR count). The van der Waals surface area contributed by atoms with E-state index in [-0.39, 0.29) is 40.2 Å². The normalized spacial score (nSPS) is 10.4. The van der Waals surface area contributed by atoms with Gasteiger partial charge in [0.05, 0.1) is 0 Å². The minimum Gasteiger partial charge on any atom is -0.454 e. The molecule has 0 saturated carbocycles. The topological polar surface area (TPSA) is 118 Å². The number of amidine groups is 2. The second kappa shape index (κ2) is 7.97. The highest BCUT2D eigenvalue weighted by Crippen LogP contribution is 2.36. The van der Waals surface area contributed by atoms with E-state index in [4.69, 9.17) is 31.8 Å². The van der Waals surface area contributed by atoms with Crippen molar-refractivity contribution >= 4 is 11.7 Å². The molecule has 0 amide bonds. The third kappa shape index (κ3) is 4.32. The maximum absolute atomic E-state index is 14.6. The van der Waals surface area contributed by atoms with Crippen LogP contribution in [0.5, 0.6) is 23.0 Å². The summed E-state index contributed by atoms with van der Waals surface area (Å²) in [5.41, 5.74) is 11.4. The van der Waals surface area contributed by atoms with Gasteiger partial charge in [-0.25, -0.2) is 8.78 Å². The second-order valence-electron chi connectivity index (χ2n) is 6.21. The van der Waals surface area contributed by atoms with Gasteiger partial charge in [-0.1, -0.05) is 24.3 Å². The van der Waals surface area contributed by atoms with Crippen molar-refractivity contribution in [3.05, 3.63) is 82.9 Å². The van der Waals surface area contributed by atoms with Crippen molar-refractivity contribution in [1.29, 1.82) is 10.8 Å². The number of hydrogen-bond acceptors (Lipinski definition) is 4. The molecular formula is C21H18F2N4O2. The minimum absolute atomic E-state index is 0.166. The van der Waals surface area contributed by atoms with Gasteiger partial charge in [0.1, 0.15) is 23.2 Å². The molecule has 3 aromatic carbocycles. The van der Waals surface area contributed by atoms with Crippen molar-refractivity contribution in [3.8, 4) is 23.0 Å². The van der Waals surface area contributed by atoms with Crippen LogP contribution in [0.1, 0.15) is 16.7 Å². The summed E-state index contributed by atoms with van der Waals surface area (Å²) >= 11 is 0. The molecule has 8 heteroatoms. The Labute approximate surface area is 165 Å². The summed E-state index contributed by atoms with van der Waals surface area (Å²) in [6.07, 6.45) is 0. The number of ether oxygens (including phenoxy) is 2. The monoisotopic (exact) mass is 396 g/mol. The lowest BCUT2D eigenvalue weighted by atomic mass is 10.1. The molecule has 6 N–H and O–H groups in total. The van der Waals surface area contributed by atoms with Crippen LogP contribution >= 0.6 is 0 Å². The summed E-state index contributed by atoms with van der Waals surface area (Å²) in [7, 11) is 0. The van der Waals surface area contributed by atoms with E-state index in [9.17, 15) is 8.78 Å². The largest absolute Gasteiger partial charge is 0.454 e. The lowest BCUT2D eigenvalue weighted by Gasteiger charge is -2.14. The number of nitrogens with one attached hydrogen (secondary N) is 2. The van der Waals surface area contributed by atoms with Gasteiger partial charge in [0.2, 0.25) is 0 Å². The van der Waals surface area contributed by atoms with Crippen molar-refractivity contribution in [3.63, 3.8) is 0 Å². The molecule has 0 unspecified atom stereocenters. The van der Waals surface area contributed by atoms with Gasteiger partial charge >= 0.3 is 0 Å². The fraction of sp³-hybridized carbons (Fsp3) is 0.0476. The first-order valence-corrected chi connectivity index (χ1v) is 8.49. The van der Waals surface area contributed by atoms with Gasteiger partial charge < -0.3 is 20.9 Å². The average molecular weight is 396 g/mol. The minimum atomic E-state index is -0.874. The van der Waals surface area contributed by atoms with E-state index in [0.717, 1.165) is 6.07 Å². The van der Waals surface area contributed by atoms with Crippen LogP contribution < -0.4 is 20.9 Å². The first-order chi connectivity index (χ1) is 13.8. The van der Waals surface area contributed by atoms with Gasteiger partial charge in [-0.05, 0) is 31.2 Å². The van der Waals surface area contributed by atoms with Gasteiger partial charge in [-0.2, -0.15) is 0 Å². The van der Waals surface area contributed by atoms with E-state index in [1.165, 1.54) is 19.1 Å². The summed E-state index contributed by atoms with van der Waals surface area (Å²) in [5.74, 6) is -2.12. The van der Waals surface area contributed by atoms with Crippen LogP contribution in [0.4, 0.5) is 8.78 Å². The highest BCUT2D eigenvalue weighted by Gasteiger charge is 2.19. The molecule has 0 radical (unpaired) electrons. The van der Waals surface area contributed by atoms with E-state index in [1.54, 1.807) is 36.4 Å². The molecule has 6 nitrogen and oxygen atoms in total. The quantitative estimate of drug-likeness (QED) is 0.364. The number of hydrogen-bond donors (Lipinski definition) is 4. The summed E-state index contributed by atoms with van der Waals surface area (Å²) in [4.78, 5) is 0. The number of halogens is 2. The van der Waals surface area contributed by atoms with E-state index in [0.29, 0.717) is 11.1 Å². The molecule has 0 bridgehead atoms. The molecule has 148 valence electrons. The fourth-order valence-electron chi connectivity index (χ4n) is 2.57. The zero-order chi connectivity index (χ0) is 21.1. The number of benzene rings is 3. The molecule has 29 heavy (non-hydrogen) atoms. The Morgan fingerprint density at radius 1 is 0.759 bits per heavy atom. The first-order valence-electron chi connectivity index (χ1n) is 8.49. The van der Waals surface area contributed by atoms with Crippen LogP contribution in [0, 0.1) is 29.4 Å². The van der Waals surface area contributed by atoms with Crippen LogP contribution in [-0.2, 0) is 0 Å². The highest BCUT2D eigenvalue weighted by molar-refractivity contribution is 5.95. The maximum atomic E-state index is 14.6. The van der Waals surface area contributed by atoms with E-state index in [1.807, 2.05) is 0 Å². The third-order valence-corrected chi connectivity index (χ3v) is 4.10. The zero-order valence-corrected chi connectivity index (χ0v) is 15.4. The van der Waals surface area contributed by atoms with Crippen LogP contribution in [0.2, 0.25) is 0 Å². The van der Waals surface area contributed by atoms with Crippen molar-refractivity contribution < 1.29 is 18.3 Å². The lowest BCUT2D eigenvalue weighted by Crippen LogP contribution is -2.10. The predicted octanol–water partition coefficient (Wildman–Crippen LogP) is 4.43. The summed E-state index contributed by atoms with van der Waals surface area (Å²) in [6, 6.07) is 13.6. The maximum Gasteiger partial charge on any atom is 0.171 e. The molecule has 0 atom stereocenters. The SMILES string of the molecule is Cc1c(F)c(Oc2cccc(C(=N)N)c2)cc(Oc2cccc(C(=N)N)c2)c1F. The van der Waals surface area contributed by atoms with Crippen molar-refractivity contribution in [2.45, 2.75) is 6.92 Å². The summed E-state index contributed by atoms with van der Waals surface area (Å²) in [5, 5.41) is 15.0. The van der Waals surface area contributed by atoms with Gasteiger partial charge in [-0.3, -0.25) is 10.8 Å². The molecule has 0 heterocycles. The molecule has 0 aliphatic carbocycles. The van der Waals surface area contributed by atoms with Crippen LogP contribution in [0.15, 0.2) is 54.6 Å². The van der Waals surface area contributed by atoms with Gasteiger partial charge in [0.15, 0.2) is 23.1 Å². The van der Waals surface area contributed by atoms with Crippen LogP contribution in [-0.4, -0.2) is 11.7 Å².